The van der Waals surface area contributed by atoms with Crippen LogP contribution in [-0.4, -0.2) is 29.9 Å². The predicted molar refractivity (Wildman–Crippen MR) is 110 cm³/mol. The van der Waals surface area contributed by atoms with Gasteiger partial charge in [0, 0.05) is 11.0 Å². The van der Waals surface area contributed by atoms with Gasteiger partial charge in [0.15, 0.2) is 11.5 Å². The molecule has 2 aromatic rings. The monoisotopic (exact) mass is 445 g/mol. The van der Waals surface area contributed by atoms with Gasteiger partial charge >= 0.3 is 6.09 Å². The van der Waals surface area contributed by atoms with Crippen molar-refractivity contribution < 1.29 is 19.0 Å². The van der Waals surface area contributed by atoms with E-state index in [1.807, 2.05) is 43.9 Å². The molecule has 0 saturated heterocycles. The lowest BCUT2D eigenvalue weighted by molar-refractivity contribution is 0.0141. The van der Waals surface area contributed by atoms with Gasteiger partial charge in [0.1, 0.15) is 5.60 Å². The van der Waals surface area contributed by atoms with E-state index in [2.05, 4.69) is 34.1 Å². The maximum absolute atomic E-state index is 13.0. The molecule has 0 aromatic heterocycles. The second-order valence-corrected chi connectivity index (χ2v) is 9.09. The highest BCUT2D eigenvalue weighted by Gasteiger charge is 2.35. The SMILES string of the molecule is CC(C)(C)OC(=O)N1CCc2cc3c(cc2C1Cc1ccc(Br)cc1)OCO3. The van der Waals surface area contributed by atoms with Gasteiger partial charge in [0.2, 0.25) is 6.79 Å². The second-order valence-electron chi connectivity index (χ2n) is 8.17. The molecule has 0 spiro atoms. The first-order valence-corrected chi connectivity index (χ1v) is 10.3. The highest BCUT2D eigenvalue weighted by molar-refractivity contribution is 9.10. The molecule has 2 aromatic carbocycles. The third kappa shape index (κ3) is 3.97. The molecule has 28 heavy (non-hydrogen) atoms. The summed E-state index contributed by atoms with van der Waals surface area (Å²) in [7, 11) is 0. The summed E-state index contributed by atoms with van der Waals surface area (Å²) < 4.78 is 17.9. The normalized spacial score (nSPS) is 18.0. The molecule has 0 N–H and O–H groups in total. The van der Waals surface area contributed by atoms with Gasteiger partial charge in [0.05, 0.1) is 6.04 Å². The van der Waals surface area contributed by atoms with E-state index in [9.17, 15) is 4.79 Å². The molecule has 0 bridgehead atoms. The lowest BCUT2D eigenvalue weighted by Gasteiger charge is -2.38. The Bertz CT molecular complexity index is 889. The number of fused-ring (bicyclic) bond motifs is 2. The van der Waals surface area contributed by atoms with Gasteiger partial charge < -0.3 is 19.1 Å². The lowest BCUT2D eigenvalue weighted by atomic mass is 9.88. The minimum absolute atomic E-state index is 0.116. The van der Waals surface area contributed by atoms with Gasteiger partial charge in [-0.3, -0.25) is 0 Å². The maximum atomic E-state index is 13.0. The van der Waals surface area contributed by atoms with Gasteiger partial charge in [-0.2, -0.15) is 0 Å². The first kappa shape index (κ1) is 19.1. The zero-order valence-electron chi connectivity index (χ0n) is 16.3. The van der Waals surface area contributed by atoms with Crippen LogP contribution in [0.2, 0.25) is 0 Å². The summed E-state index contributed by atoms with van der Waals surface area (Å²) >= 11 is 3.48. The number of amides is 1. The fraction of sp³-hybridized carbons (Fsp3) is 0.409. The Morgan fingerprint density at radius 2 is 1.86 bits per heavy atom. The summed E-state index contributed by atoms with van der Waals surface area (Å²) in [5, 5.41) is 0. The van der Waals surface area contributed by atoms with Crippen molar-refractivity contribution in [2.45, 2.75) is 45.3 Å². The molecule has 148 valence electrons. The smallest absolute Gasteiger partial charge is 0.410 e. The lowest BCUT2D eigenvalue weighted by Crippen LogP contribution is -2.43. The summed E-state index contributed by atoms with van der Waals surface area (Å²) in [6.07, 6.45) is 1.19. The standard InChI is InChI=1S/C22H24BrNO4/c1-22(2,3)28-21(25)24-9-8-15-11-19-20(27-13-26-19)12-17(15)18(24)10-14-4-6-16(23)7-5-14/h4-7,11-12,18H,8-10,13H2,1-3H3. The number of hydrogen-bond acceptors (Lipinski definition) is 4. The minimum Gasteiger partial charge on any atom is -0.454 e. The van der Waals surface area contributed by atoms with E-state index < -0.39 is 5.60 Å². The van der Waals surface area contributed by atoms with Crippen molar-refractivity contribution in [1.82, 2.24) is 4.90 Å². The highest BCUT2D eigenvalue weighted by atomic mass is 79.9. The topological polar surface area (TPSA) is 48.0 Å². The van der Waals surface area contributed by atoms with Crippen LogP contribution < -0.4 is 9.47 Å². The van der Waals surface area contributed by atoms with Crippen LogP contribution in [0.3, 0.4) is 0 Å². The van der Waals surface area contributed by atoms with E-state index in [0.29, 0.717) is 13.0 Å². The molecule has 6 heteroatoms. The molecule has 2 aliphatic rings. The van der Waals surface area contributed by atoms with E-state index in [-0.39, 0.29) is 18.9 Å². The van der Waals surface area contributed by atoms with E-state index in [0.717, 1.165) is 33.5 Å². The van der Waals surface area contributed by atoms with Gasteiger partial charge in [-0.05, 0) is 74.6 Å². The third-order valence-electron chi connectivity index (χ3n) is 4.96. The van der Waals surface area contributed by atoms with Gasteiger partial charge in [-0.1, -0.05) is 28.1 Å². The zero-order valence-corrected chi connectivity index (χ0v) is 17.9. The van der Waals surface area contributed by atoms with Crippen molar-refractivity contribution in [3.05, 3.63) is 57.6 Å². The van der Waals surface area contributed by atoms with Crippen LogP contribution in [0.5, 0.6) is 11.5 Å². The molecule has 0 radical (unpaired) electrons. The van der Waals surface area contributed by atoms with Gasteiger partial charge in [-0.25, -0.2) is 4.79 Å². The highest BCUT2D eigenvalue weighted by Crippen LogP contribution is 2.42. The largest absolute Gasteiger partial charge is 0.454 e. The van der Waals surface area contributed by atoms with E-state index in [1.165, 1.54) is 5.56 Å². The quantitative estimate of drug-likeness (QED) is 0.632. The van der Waals surface area contributed by atoms with Crippen molar-refractivity contribution >= 4 is 22.0 Å². The minimum atomic E-state index is -0.533. The number of halogens is 1. The van der Waals surface area contributed by atoms with Crippen LogP contribution in [0, 0.1) is 0 Å². The average molecular weight is 446 g/mol. The third-order valence-corrected chi connectivity index (χ3v) is 5.49. The van der Waals surface area contributed by atoms with Crippen molar-refractivity contribution in [1.29, 1.82) is 0 Å². The Kier molecular flexibility index (Phi) is 5.00. The number of carbonyl (C=O) groups is 1. The van der Waals surface area contributed by atoms with Crippen molar-refractivity contribution in [2.24, 2.45) is 0 Å². The number of nitrogens with zero attached hydrogens (tertiary/aromatic N) is 1. The van der Waals surface area contributed by atoms with E-state index in [1.54, 1.807) is 0 Å². The zero-order chi connectivity index (χ0) is 19.9. The van der Waals surface area contributed by atoms with Crippen LogP contribution in [0.4, 0.5) is 4.79 Å². The van der Waals surface area contributed by atoms with E-state index >= 15 is 0 Å². The van der Waals surface area contributed by atoms with Gasteiger partial charge in [0.25, 0.3) is 0 Å². The van der Waals surface area contributed by atoms with Crippen molar-refractivity contribution in [2.75, 3.05) is 13.3 Å². The van der Waals surface area contributed by atoms with Crippen LogP contribution in [0.15, 0.2) is 40.9 Å². The van der Waals surface area contributed by atoms with Crippen LogP contribution >= 0.6 is 15.9 Å². The second kappa shape index (κ2) is 7.32. The van der Waals surface area contributed by atoms with Crippen LogP contribution in [-0.2, 0) is 17.6 Å². The van der Waals surface area contributed by atoms with Crippen molar-refractivity contribution in [3.8, 4) is 11.5 Å². The molecule has 5 nitrogen and oxygen atoms in total. The Hall–Kier alpha value is -2.21. The molecule has 0 saturated carbocycles. The fourth-order valence-corrected chi connectivity index (χ4v) is 3.96. The molecule has 4 rings (SSSR count). The Labute approximate surface area is 173 Å². The summed E-state index contributed by atoms with van der Waals surface area (Å²) in [5.41, 5.74) is 2.93. The molecule has 0 fully saturated rings. The molecule has 1 unspecified atom stereocenters. The van der Waals surface area contributed by atoms with Crippen molar-refractivity contribution in [3.63, 3.8) is 0 Å². The molecule has 1 atom stereocenters. The summed E-state index contributed by atoms with van der Waals surface area (Å²) in [6, 6.07) is 12.2. The number of benzene rings is 2. The number of hydrogen-bond donors (Lipinski definition) is 0. The Morgan fingerprint density at radius 1 is 1.18 bits per heavy atom. The number of carbonyl (C=O) groups excluding carboxylic acids is 1. The maximum Gasteiger partial charge on any atom is 0.410 e. The Morgan fingerprint density at radius 3 is 2.54 bits per heavy atom. The van der Waals surface area contributed by atoms with Gasteiger partial charge in [-0.15, -0.1) is 0 Å². The molecule has 1 amide bonds. The summed E-state index contributed by atoms with van der Waals surface area (Å²) in [6.45, 7) is 6.54. The molecular weight excluding hydrogens is 422 g/mol. The predicted octanol–water partition coefficient (Wildman–Crippen LogP) is 5.25. The summed E-state index contributed by atoms with van der Waals surface area (Å²) in [5.74, 6) is 1.53. The molecular formula is C22H24BrNO4. The van der Waals surface area contributed by atoms with Crippen LogP contribution in [0.25, 0.3) is 0 Å². The summed E-state index contributed by atoms with van der Waals surface area (Å²) in [4.78, 5) is 14.8. The molecule has 2 aliphatic heterocycles. The fourth-order valence-electron chi connectivity index (χ4n) is 3.69. The number of rotatable bonds is 2. The van der Waals surface area contributed by atoms with Crippen LogP contribution in [0.1, 0.15) is 43.5 Å². The molecule has 2 heterocycles. The molecule has 0 aliphatic carbocycles. The first-order valence-electron chi connectivity index (χ1n) is 9.47. The average Bonchev–Trinajstić information content (AvgIpc) is 3.08. The number of ether oxygens (including phenoxy) is 3. The van der Waals surface area contributed by atoms with E-state index in [4.69, 9.17) is 14.2 Å². The Balaban J connectivity index is 1.70. The first-order chi connectivity index (χ1) is 13.3.